The number of hydrogen-bond donors (Lipinski definition) is 2. The second-order valence-corrected chi connectivity index (χ2v) is 7.34. The maximum Gasteiger partial charge on any atom is 0.490 e. The molecule has 2 N–H and O–H groups in total. The Morgan fingerprint density at radius 3 is 2.62 bits per heavy atom. The van der Waals surface area contributed by atoms with E-state index in [1.165, 1.54) is 11.1 Å². The molecule has 1 aliphatic rings. The van der Waals surface area contributed by atoms with Crippen LogP contribution in [0.3, 0.4) is 0 Å². The van der Waals surface area contributed by atoms with Crippen molar-refractivity contribution in [2.45, 2.75) is 25.1 Å². The number of nitrogens with zero attached hydrogens (tertiary/aromatic N) is 2. The van der Waals surface area contributed by atoms with Crippen LogP contribution < -0.4 is 10.1 Å². The number of imidazole rings is 1. The van der Waals surface area contributed by atoms with Gasteiger partial charge in [-0.15, -0.1) is 0 Å². The number of aromatic nitrogens is 2. The SMILES string of the molecule is COc1cc(/C=C/C(=O)N[C@H]2CCc3ccccc32)ccc1-n1ccnc1.O=C(O)C(F)(F)F. The Balaban J connectivity index is 0.000000406. The van der Waals surface area contributed by atoms with Gasteiger partial charge in [0.2, 0.25) is 5.91 Å². The Labute approximate surface area is 193 Å². The number of aryl methyl sites for hydroxylation is 1. The maximum atomic E-state index is 12.3. The molecule has 10 heteroatoms. The smallest absolute Gasteiger partial charge is 0.490 e. The molecular formula is C24H22F3N3O4. The average molecular weight is 473 g/mol. The molecular weight excluding hydrogens is 451 g/mol. The van der Waals surface area contributed by atoms with Gasteiger partial charge in [-0.3, -0.25) is 4.79 Å². The topological polar surface area (TPSA) is 93.5 Å². The lowest BCUT2D eigenvalue weighted by Gasteiger charge is -2.12. The van der Waals surface area contributed by atoms with E-state index < -0.39 is 12.1 Å². The van der Waals surface area contributed by atoms with Crippen LogP contribution in [0.1, 0.15) is 29.2 Å². The molecule has 0 bridgehead atoms. The van der Waals surface area contributed by atoms with Crippen molar-refractivity contribution in [2.24, 2.45) is 0 Å². The van der Waals surface area contributed by atoms with Gasteiger partial charge in [0.25, 0.3) is 0 Å². The van der Waals surface area contributed by atoms with Gasteiger partial charge in [-0.1, -0.05) is 30.3 Å². The minimum Gasteiger partial charge on any atom is -0.495 e. The zero-order valence-electron chi connectivity index (χ0n) is 18.1. The lowest BCUT2D eigenvalue weighted by molar-refractivity contribution is -0.192. The van der Waals surface area contributed by atoms with Crippen LogP contribution in [-0.2, 0) is 16.0 Å². The first-order valence-corrected chi connectivity index (χ1v) is 10.2. The maximum absolute atomic E-state index is 12.3. The van der Waals surface area contributed by atoms with Crippen molar-refractivity contribution in [2.75, 3.05) is 7.11 Å². The second-order valence-electron chi connectivity index (χ2n) is 7.34. The minimum atomic E-state index is -5.08. The Bertz CT molecular complexity index is 1170. The van der Waals surface area contributed by atoms with Crippen LogP contribution in [-0.4, -0.2) is 39.8 Å². The van der Waals surface area contributed by atoms with Crippen molar-refractivity contribution in [3.63, 3.8) is 0 Å². The molecule has 1 aliphatic carbocycles. The summed E-state index contributed by atoms with van der Waals surface area (Å²) in [4.78, 5) is 25.3. The average Bonchev–Trinajstić information content (AvgIpc) is 3.48. The first-order valence-electron chi connectivity index (χ1n) is 10.2. The highest BCUT2D eigenvalue weighted by molar-refractivity contribution is 5.92. The van der Waals surface area contributed by atoms with Gasteiger partial charge in [-0.25, -0.2) is 9.78 Å². The van der Waals surface area contributed by atoms with Gasteiger partial charge < -0.3 is 19.7 Å². The third-order valence-electron chi connectivity index (χ3n) is 5.11. The van der Waals surface area contributed by atoms with E-state index in [1.54, 1.807) is 31.8 Å². The number of fused-ring (bicyclic) bond motifs is 1. The standard InChI is InChI=1S/C22H21N3O2.C2HF3O2/c1-27-21-14-16(6-10-20(21)25-13-12-23-15-25)7-11-22(26)24-19-9-8-17-4-2-3-5-18(17)19;3-2(4,5)1(6)7/h2-7,10-15,19H,8-9H2,1H3,(H,24,26);(H,6,7)/b11-7+;/t19-;/m0./s1. The van der Waals surface area contributed by atoms with Gasteiger partial charge in [-0.2, -0.15) is 13.2 Å². The van der Waals surface area contributed by atoms with Crippen LogP contribution in [0.4, 0.5) is 13.2 Å². The number of alkyl halides is 3. The summed E-state index contributed by atoms with van der Waals surface area (Å²) in [5.74, 6) is -2.12. The molecule has 0 spiro atoms. The molecule has 0 radical (unpaired) electrons. The number of halogens is 3. The number of carboxylic acid groups (broad SMARTS) is 1. The number of amides is 1. The van der Waals surface area contributed by atoms with Gasteiger partial charge >= 0.3 is 12.1 Å². The van der Waals surface area contributed by atoms with E-state index >= 15 is 0 Å². The summed E-state index contributed by atoms with van der Waals surface area (Å²) < 4.78 is 39.1. The molecule has 1 amide bonds. The molecule has 0 aliphatic heterocycles. The summed E-state index contributed by atoms with van der Waals surface area (Å²) >= 11 is 0. The summed E-state index contributed by atoms with van der Waals surface area (Å²) in [6, 6.07) is 14.2. The summed E-state index contributed by atoms with van der Waals surface area (Å²) in [6.45, 7) is 0. The van der Waals surface area contributed by atoms with Crippen LogP contribution in [0.5, 0.6) is 5.75 Å². The third kappa shape index (κ3) is 6.25. The molecule has 4 rings (SSSR count). The lowest BCUT2D eigenvalue weighted by Crippen LogP contribution is -2.25. The number of ether oxygens (including phenoxy) is 1. The normalized spacial score (nSPS) is 14.8. The van der Waals surface area contributed by atoms with Crippen LogP contribution in [0.2, 0.25) is 0 Å². The Morgan fingerprint density at radius 1 is 1.24 bits per heavy atom. The van der Waals surface area contributed by atoms with Crippen molar-refractivity contribution >= 4 is 18.0 Å². The predicted molar refractivity (Wildman–Crippen MR) is 118 cm³/mol. The van der Waals surface area contributed by atoms with E-state index in [1.807, 2.05) is 41.1 Å². The number of rotatable bonds is 5. The predicted octanol–water partition coefficient (Wildman–Crippen LogP) is 4.33. The zero-order valence-corrected chi connectivity index (χ0v) is 18.1. The summed E-state index contributed by atoms with van der Waals surface area (Å²) in [7, 11) is 1.63. The van der Waals surface area contributed by atoms with Crippen LogP contribution in [0, 0.1) is 0 Å². The molecule has 7 nitrogen and oxygen atoms in total. The van der Waals surface area contributed by atoms with E-state index in [4.69, 9.17) is 14.6 Å². The number of aliphatic carboxylic acids is 1. The first-order chi connectivity index (χ1) is 16.2. The second kappa shape index (κ2) is 10.7. The van der Waals surface area contributed by atoms with E-state index in [0.717, 1.165) is 29.8 Å². The van der Waals surface area contributed by atoms with Crippen molar-refractivity contribution < 1.29 is 32.6 Å². The number of benzene rings is 2. The lowest BCUT2D eigenvalue weighted by atomic mass is 10.1. The van der Waals surface area contributed by atoms with Crippen molar-refractivity contribution in [3.05, 3.63) is 84.0 Å². The van der Waals surface area contributed by atoms with Crippen LogP contribution in [0.25, 0.3) is 11.8 Å². The van der Waals surface area contributed by atoms with Crippen LogP contribution in [0.15, 0.2) is 67.3 Å². The Hall–Kier alpha value is -4.08. The molecule has 0 unspecified atom stereocenters. The quantitative estimate of drug-likeness (QED) is 0.538. The van der Waals surface area contributed by atoms with Gasteiger partial charge in [-0.05, 0) is 47.7 Å². The molecule has 1 heterocycles. The number of carbonyl (C=O) groups is 2. The first kappa shape index (κ1) is 24.6. The van der Waals surface area contributed by atoms with Crippen molar-refractivity contribution in [1.29, 1.82) is 0 Å². The molecule has 0 saturated heterocycles. The van der Waals surface area contributed by atoms with Crippen LogP contribution >= 0.6 is 0 Å². The summed E-state index contributed by atoms with van der Waals surface area (Å²) in [5, 5.41) is 10.2. The fourth-order valence-electron chi connectivity index (χ4n) is 3.51. The zero-order chi connectivity index (χ0) is 24.7. The van der Waals surface area contributed by atoms with E-state index in [2.05, 4.69) is 22.4 Å². The number of carboxylic acids is 1. The molecule has 2 aromatic carbocycles. The molecule has 0 fully saturated rings. The molecule has 0 saturated carbocycles. The fraction of sp³-hybridized carbons (Fsp3) is 0.208. The molecule has 178 valence electrons. The fourth-order valence-corrected chi connectivity index (χ4v) is 3.51. The number of carbonyl (C=O) groups excluding carboxylic acids is 1. The monoisotopic (exact) mass is 473 g/mol. The number of methoxy groups -OCH3 is 1. The Morgan fingerprint density at radius 2 is 1.97 bits per heavy atom. The highest BCUT2D eigenvalue weighted by atomic mass is 19.4. The van der Waals surface area contributed by atoms with E-state index in [-0.39, 0.29) is 11.9 Å². The van der Waals surface area contributed by atoms with Gasteiger partial charge in [0, 0.05) is 18.5 Å². The number of nitrogens with one attached hydrogen (secondary N) is 1. The molecule has 3 aromatic rings. The molecule has 1 atom stereocenters. The van der Waals surface area contributed by atoms with Gasteiger partial charge in [0.05, 0.1) is 25.2 Å². The molecule has 34 heavy (non-hydrogen) atoms. The van der Waals surface area contributed by atoms with Gasteiger partial charge in [0.15, 0.2) is 0 Å². The summed E-state index contributed by atoms with van der Waals surface area (Å²) in [5.41, 5.74) is 4.36. The number of hydrogen-bond acceptors (Lipinski definition) is 4. The largest absolute Gasteiger partial charge is 0.495 e. The third-order valence-corrected chi connectivity index (χ3v) is 5.11. The summed E-state index contributed by atoms with van der Waals surface area (Å²) in [6.07, 6.45) is 5.56. The van der Waals surface area contributed by atoms with Gasteiger partial charge in [0.1, 0.15) is 5.75 Å². The highest BCUT2D eigenvalue weighted by Gasteiger charge is 2.38. The van der Waals surface area contributed by atoms with E-state index in [9.17, 15) is 18.0 Å². The van der Waals surface area contributed by atoms with Crippen molar-refractivity contribution in [3.8, 4) is 11.4 Å². The Kier molecular flexibility index (Phi) is 7.72. The van der Waals surface area contributed by atoms with Crippen molar-refractivity contribution in [1.82, 2.24) is 14.9 Å². The van der Waals surface area contributed by atoms with E-state index in [0.29, 0.717) is 0 Å². The highest BCUT2D eigenvalue weighted by Crippen LogP contribution is 2.30. The minimum absolute atomic E-state index is 0.0886. The molecule has 1 aromatic heterocycles.